The van der Waals surface area contributed by atoms with Crippen LogP contribution in [0.5, 0.6) is 0 Å². The molecule has 3 N–H and O–H groups in total. The van der Waals surface area contributed by atoms with Gasteiger partial charge >= 0.3 is 0 Å². The highest BCUT2D eigenvalue weighted by Gasteiger charge is 2.31. The third-order valence-corrected chi connectivity index (χ3v) is 6.91. The average molecular weight is 488 g/mol. The maximum Gasteiger partial charge on any atom is 0.239 e. The molecule has 0 bridgehead atoms. The van der Waals surface area contributed by atoms with Crippen LogP contribution in [0, 0.1) is 17.2 Å². The first-order chi connectivity index (χ1) is 17.0. The Kier molecular flexibility index (Phi) is 7.65. The minimum absolute atomic E-state index is 0.000855. The number of carbonyl (C=O) groups is 3. The van der Waals surface area contributed by atoms with Crippen LogP contribution in [0.15, 0.2) is 82.5 Å². The van der Waals surface area contributed by atoms with Crippen molar-refractivity contribution in [3.8, 4) is 6.07 Å². The topological polar surface area (TPSA) is 120 Å². The van der Waals surface area contributed by atoms with E-state index in [1.54, 1.807) is 34.6 Å². The van der Waals surface area contributed by atoms with Crippen molar-refractivity contribution in [1.82, 2.24) is 10.2 Å². The number of anilines is 1. The van der Waals surface area contributed by atoms with Gasteiger partial charge in [0.15, 0.2) is 0 Å². The second kappa shape index (κ2) is 11.0. The van der Waals surface area contributed by atoms with E-state index in [9.17, 15) is 19.6 Å². The molecule has 2 amide bonds. The van der Waals surface area contributed by atoms with Crippen LogP contribution in [0.25, 0.3) is 0 Å². The van der Waals surface area contributed by atoms with Crippen LogP contribution in [0.1, 0.15) is 23.2 Å². The quantitative estimate of drug-likeness (QED) is 0.350. The molecule has 178 valence electrons. The third kappa shape index (κ3) is 5.62. The maximum absolute atomic E-state index is 13.1. The summed E-state index contributed by atoms with van der Waals surface area (Å²) in [6, 6.07) is 20.0. The van der Waals surface area contributed by atoms with E-state index in [1.807, 2.05) is 41.3 Å². The SMILES string of the molecule is N#C/C(C(=O)c1ccccc1)=C1/SC=C(NC(=O)CN2CCC(C(N)=O)CC2)N1c1ccccc1. The molecule has 2 aromatic carbocycles. The number of ketones is 1. The summed E-state index contributed by atoms with van der Waals surface area (Å²) < 4.78 is 0. The number of thioether (sulfide) groups is 1. The molecule has 0 aliphatic carbocycles. The lowest BCUT2D eigenvalue weighted by Crippen LogP contribution is -2.44. The molecule has 2 aromatic rings. The molecule has 8 nitrogen and oxygen atoms in total. The van der Waals surface area contributed by atoms with E-state index in [-0.39, 0.29) is 35.6 Å². The minimum atomic E-state index is -0.380. The predicted molar refractivity (Wildman–Crippen MR) is 135 cm³/mol. The highest BCUT2D eigenvalue weighted by molar-refractivity contribution is 8.06. The largest absolute Gasteiger partial charge is 0.369 e. The third-order valence-electron chi connectivity index (χ3n) is 5.95. The Balaban J connectivity index is 1.54. The summed E-state index contributed by atoms with van der Waals surface area (Å²) in [6.07, 6.45) is 1.27. The fourth-order valence-corrected chi connectivity index (χ4v) is 5.06. The number of para-hydroxylation sites is 1. The first kappa shape index (κ1) is 24.3. The van der Waals surface area contributed by atoms with Gasteiger partial charge in [-0.05, 0) is 38.1 Å². The second-order valence-corrected chi connectivity index (χ2v) is 9.14. The highest BCUT2D eigenvalue weighted by atomic mass is 32.2. The summed E-state index contributed by atoms with van der Waals surface area (Å²) in [7, 11) is 0. The standard InChI is InChI=1S/C26H25N5O3S/c27-15-21(24(33)18-7-3-1-4-8-18)26-31(20-9-5-2-6-10-20)22(17-35-26)29-23(32)16-30-13-11-19(12-14-30)25(28)34/h1-10,17,19H,11-14,16H2,(H2,28,34)(H,29,32)/b26-21-. The van der Waals surface area contributed by atoms with E-state index in [0.717, 1.165) is 5.69 Å². The van der Waals surface area contributed by atoms with Crippen molar-refractivity contribution in [2.24, 2.45) is 11.7 Å². The van der Waals surface area contributed by atoms with E-state index in [2.05, 4.69) is 11.4 Å². The van der Waals surface area contributed by atoms with E-state index in [4.69, 9.17) is 5.73 Å². The molecule has 0 unspecified atom stereocenters. The van der Waals surface area contributed by atoms with Gasteiger partial charge in [0.25, 0.3) is 0 Å². The van der Waals surface area contributed by atoms with Crippen LogP contribution < -0.4 is 16.0 Å². The van der Waals surface area contributed by atoms with Gasteiger partial charge in [0.2, 0.25) is 17.6 Å². The molecule has 1 saturated heterocycles. The second-order valence-electron chi connectivity index (χ2n) is 8.28. The molecule has 9 heteroatoms. The van der Waals surface area contributed by atoms with Crippen LogP contribution in [0.2, 0.25) is 0 Å². The lowest BCUT2D eigenvalue weighted by Gasteiger charge is -2.30. The summed E-state index contributed by atoms with van der Waals surface area (Å²) in [5.41, 5.74) is 6.53. The predicted octanol–water partition coefficient (Wildman–Crippen LogP) is 2.97. The Hall–Kier alpha value is -3.87. The number of benzene rings is 2. The highest BCUT2D eigenvalue weighted by Crippen LogP contribution is 2.40. The molecule has 0 radical (unpaired) electrons. The van der Waals surface area contributed by atoms with Gasteiger partial charge in [-0.2, -0.15) is 5.26 Å². The molecule has 0 aromatic heterocycles. The number of Topliss-reactive ketones (excluding diaryl/α,β-unsaturated/α-hetero) is 1. The summed E-state index contributed by atoms with van der Waals surface area (Å²) >= 11 is 1.22. The molecule has 2 aliphatic rings. The zero-order valence-corrected chi connectivity index (χ0v) is 19.8. The van der Waals surface area contributed by atoms with Crippen molar-refractivity contribution in [1.29, 1.82) is 5.26 Å². The van der Waals surface area contributed by atoms with Crippen LogP contribution >= 0.6 is 11.8 Å². The van der Waals surface area contributed by atoms with Crippen molar-refractivity contribution >= 4 is 35.0 Å². The van der Waals surface area contributed by atoms with Crippen molar-refractivity contribution in [2.45, 2.75) is 12.8 Å². The molecule has 0 saturated carbocycles. The summed E-state index contributed by atoms with van der Waals surface area (Å²) in [5, 5.41) is 15.0. The molecular formula is C26H25N5O3S. The summed E-state index contributed by atoms with van der Waals surface area (Å²) in [6.45, 7) is 1.41. The number of allylic oxidation sites excluding steroid dienone is 1. The van der Waals surface area contributed by atoms with Gasteiger partial charge in [-0.3, -0.25) is 24.2 Å². The number of hydrogen-bond acceptors (Lipinski definition) is 7. The van der Waals surface area contributed by atoms with Crippen LogP contribution in [0.4, 0.5) is 5.69 Å². The Morgan fingerprint density at radius 1 is 1.03 bits per heavy atom. The van der Waals surface area contributed by atoms with Crippen molar-refractivity contribution < 1.29 is 14.4 Å². The van der Waals surface area contributed by atoms with Crippen molar-refractivity contribution in [3.05, 3.63) is 88.1 Å². The summed E-state index contributed by atoms with van der Waals surface area (Å²) in [4.78, 5) is 41.1. The fraction of sp³-hybridized carbons (Fsp3) is 0.231. The van der Waals surface area contributed by atoms with E-state index >= 15 is 0 Å². The Bertz CT molecular complexity index is 1210. The Labute approximate surface area is 208 Å². The number of nitriles is 1. The number of nitrogens with two attached hydrogens (primary N) is 1. The van der Waals surface area contributed by atoms with Crippen molar-refractivity contribution in [2.75, 3.05) is 24.5 Å². The molecule has 1 fully saturated rings. The molecular weight excluding hydrogens is 462 g/mol. The first-order valence-electron chi connectivity index (χ1n) is 11.3. The van der Waals surface area contributed by atoms with Crippen molar-refractivity contribution in [3.63, 3.8) is 0 Å². The van der Waals surface area contributed by atoms with Gasteiger partial charge in [-0.15, -0.1) is 0 Å². The Morgan fingerprint density at radius 3 is 2.26 bits per heavy atom. The van der Waals surface area contributed by atoms with Gasteiger partial charge in [0, 0.05) is 22.6 Å². The van der Waals surface area contributed by atoms with Gasteiger partial charge < -0.3 is 11.1 Å². The molecule has 35 heavy (non-hydrogen) atoms. The number of nitrogens with zero attached hydrogens (tertiary/aromatic N) is 3. The number of piperidine rings is 1. The normalized spacial score (nSPS) is 17.9. The smallest absolute Gasteiger partial charge is 0.239 e. The van der Waals surface area contributed by atoms with Gasteiger partial charge in [0.1, 0.15) is 22.5 Å². The lowest BCUT2D eigenvalue weighted by molar-refractivity contribution is -0.124. The number of likely N-dealkylation sites (tertiary alicyclic amines) is 1. The van der Waals surface area contributed by atoms with Crippen LogP contribution in [0.3, 0.4) is 0 Å². The van der Waals surface area contributed by atoms with E-state index in [0.29, 0.717) is 42.3 Å². The number of rotatable bonds is 7. The monoisotopic (exact) mass is 487 g/mol. The molecule has 4 rings (SSSR count). The first-order valence-corrected chi connectivity index (χ1v) is 12.1. The molecule has 2 heterocycles. The van der Waals surface area contributed by atoms with Crippen LogP contribution in [-0.2, 0) is 9.59 Å². The number of hydrogen-bond donors (Lipinski definition) is 2. The zero-order chi connectivity index (χ0) is 24.8. The van der Waals surface area contributed by atoms with Crippen LogP contribution in [-0.4, -0.2) is 42.1 Å². The van der Waals surface area contributed by atoms with Gasteiger partial charge in [-0.1, -0.05) is 60.3 Å². The fourth-order valence-electron chi connectivity index (χ4n) is 4.11. The van der Waals surface area contributed by atoms with Gasteiger partial charge in [-0.25, -0.2) is 0 Å². The molecule has 0 atom stereocenters. The Morgan fingerprint density at radius 2 is 1.66 bits per heavy atom. The maximum atomic E-state index is 13.1. The van der Waals surface area contributed by atoms with E-state index < -0.39 is 0 Å². The average Bonchev–Trinajstić information content (AvgIpc) is 3.28. The minimum Gasteiger partial charge on any atom is -0.369 e. The summed E-state index contributed by atoms with van der Waals surface area (Å²) in [5.74, 6) is -0.560. The molecule has 0 spiro atoms. The molecule has 2 aliphatic heterocycles. The van der Waals surface area contributed by atoms with Gasteiger partial charge in [0.05, 0.1) is 6.54 Å². The number of nitrogens with one attached hydrogen (secondary N) is 1. The number of primary amides is 1. The lowest BCUT2D eigenvalue weighted by atomic mass is 9.96. The van der Waals surface area contributed by atoms with E-state index in [1.165, 1.54) is 11.8 Å². The zero-order valence-electron chi connectivity index (χ0n) is 19.0. The number of amides is 2. The number of carbonyl (C=O) groups excluding carboxylic acids is 3.